The SMILES string of the molecule is C1=CC(c2c3c(nc4ccnn24)CCNCC3)=C1. The Balaban J connectivity index is 2.03. The van der Waals surface area contributed by atoms with Crippen LogP contribution in [0.15, 0.2) is 30.5 Å². The fourth-order valence-corrected chi connectivity index (χ4v) is 2.69. The highest BCUT2D eigenvalue weighted by atomic mass is 15.3. The minimum atomic E-state index is 0.951. The van der Waals surface area contributed by atoms with Crippen LogP contribution in [0.25, 0.3) is 11.2 Å². The Kier molecular flexibility index (Phi) is 2.11. The van der Waals surface area contributed by atoms with E-state index in [4.69, 9.17) is 4.98 Å². The summed E-state index contributed by atoms with van der Waals surface area (Å²) in [4.78, 5) is 4.75. The van der Waals surface area contributed by atoms with E-state index in [1.807, 2.05) is 16.8 Å². The van der Waals surface area contributed by atoms with Gasteiger partial charge < -0.3 is 5.32 Å². The van der Waals surface area contributed by atoms with Gasteiger partial charge in [-0.05, 0) is 13.0 Å². The van der Waals surface area contributed by atoms with Crippen LogP contribution in [0.3, 0.4) is 0 Å². The van der Waals surface area contributed by atoms with Crippen molar-refractivity contribution in [1.29, 1.82) is 0 Å². The van der Waals surface area contributed by atoms with Gasteiger partial charge in [-0.2, -0.15) is 5.10 Å². The molecule has 4 heteroatoms. The highest BCUT2D eigenvalue weighted by Crippen LogP contribution is 2.28. The molecule has 18 heavy (non-hydrogen) atoms. The third-order valence-corrected chi connectivity index (χ3v) is 3.63. The number of allylic oxidation sites excluding steroid dienone is 4. The molecule has 1 aliphatic heterocycles. The normalized spacial score (nSPS) is 18.1. The van der Waals surface area contributed by atoms with E-state index >= 15 is 0 Å². The number of nitrogens with zero attached hydrogens (tertiary/aromatic N) is 3. The molecule has 1 aliphatic carbocycles. The predicted molar refractivity (Wildman–Crippen MR) is 70.4 cm³/mol. The maximum absolute atomic E-state index is 4.75. The van der Waals surface area contributed by atoms with Crippen LogP contribution in [0.5, 0.6) is 0 Å². The molecule has 0 saturated carbocycles. The smallest absolute Gasteiger partial charge is 0.155 e. The van der Waals surface area contributed by atoms with Gasteiger partial charge in [0.15, 0.2) is 5.65 Å². The molecule has 0 spiro atoms. The lowest BCUT2D eigenvalue weighted by Gasteiger charge is -2.16. The van der Waals surface area contributed by atoms with E-state index in [1.54, 1.807) is 0 Å². The Hall–Kier alpha value is -1.94. The van der Waals surface area contributed by atoms with E-state index < -0.39 is 0 Å². The first-order valence-corrected chi connectivity index (χ1v) is 6.38. The monoisotopic (exact) mass is 238 g/mol. The molecular weight excluding hydrogens is 224 g/mol. The van der Waals surface area contributed by atoms with Crippen molar-refractivity contribution in [3.8, 4) is 0 Å². The average Bonchev–Trinajstić information content (AvgIpc) is 2.64. The molecule has 0 unspecified atom stereocenters. The standard InChI is InChI=1S/C14H14N4/c1-2-10(3-1)14-11-4-7-15-8-5-12(11)17-13-6-9-16-18(13)14/h1-3,6,9,15H,4-5,7-8H2. The maximum atomic E-state index is 4.75. The first kappa shape index (κ1) is 10.0. The van der Waals surface area contributed by atoms with Crippen LogP contribution >= 0.6 is 0 Å². The van der Waals surface area contributed by atoms with E-state index in [1.165, 1.54) is 22.5 Å². The van der Waals surface area contributed by atoms with Crippen LogP contribution in [0.1, 0.15) is 17.0 Å². The third-order valence-electron chi connectivity index (χ3n) is 3.63. The summed E-state index contributed by atoms with van der Waals surface area (Å²) >= 11 is 0. The third kappa shape index (κ3) is 1.36. The fraction of sp³-hybridized carbons (Fsp3) is 0.286. The van der Waals surface area contributed by atoms with E-state index in [2.05, 4.69) is 28.6 Å². The van der Waals surface area contributed by atoms with Crippen LogP contribution in [-0.2, 0) is 12.8 Å². The lowest BCUT2D eigenvalue weighted by atomic mass is 9.96. The highest BCUT2D eigenvalue weighted by Gasteiger charge is 2.20. The zero-order chi connectivity index (χ0) is 11.9. The Bertz CT molecular complexity index is 678. The van der Waals surface area contributed by atoms with Crippen LogP contribution in [0, 0.1) is 0 Å². The minimum absolute atomic E-state index is 0.951. The Morgan fingerprint density at radius 2 is 2.11 bits per heavy atom. The summed E-state index contributed by atoms with van der Waals surface area (Å²) in [6.45, 7) is 2.03. The van der Waals surface area contributed by atoms with Crippen LogP contribution < -0.4 is 5.32 Å². The number of aromatic nitrogens is 3. The fourth-order valence-electron chi connectivity index (χ4n) is 2.69. The summed E-state index contributed by atoms with van der Waals surface area (Å²) in [6.07, 6.45) is 10.2. The lowest BCUT2D eigenvalue weighted by Crippen LogP contribution is -2.16. The van der Waals surface area contributed by atoms with Crippen molar-refractivity contribution in [2.24, 2.45) is 0 Å². The van der Waals surface area contributed by atoms with E-state index in [0.717, 1.165) is 31.6 Å². The van der Waals surface area contributed by atoms with Crippen LogP contribution in [0.4, 0.5) is 0 Å². The molecule has 2 aromatic rings. The summed E-state index contributed by atoms with van der Waals surface area (Å²) < 4.78 is 1.97. The van der Waals surface area contributed by atoms with E-state index in [0.29, 0.717) is 0 Å². The summed E-state index contributed by atoms with van der Waals surface area (Å²) in [5, 5.41) is 7.86. The number of hydrogen-bond acceptors (Lipinski definition) is 3. The van der Waals surface area contributed by atoms with Crippen molar-refractivity contribution in [2.45, 2.75) is 12.8 Å². The first-order valence-electron chi connectivity index (χ1n) is 6.38. The van der Waals surface area contributed by atoms with Crippen LogP contribution in [0.2, 0.25) is 0 Å². The second-order valence-electron chi connectivity index (χ2n) is 4.72. The number of fused-ring (bicyclic) bond motifs is 2. The average molecular weight is 238 g/mol. The maximum Gasteiger partial charge on any atom is 0.155 e. The largest absolute Gasteiger partial charge is 0.316 e. The zero-order valence-corrected chi connectivity index (χ0v) is 10.1. The van der Waals surface area contributed by atoms with Crippen molar-refractivity contribution < 1.29 is 0 Å². The summed E-state index contributed by atoms with van der Waals surface area (Å²) in [6, 6.07) is 1.98. The Morgan fingerprint density at radius 1 is 1.22 bits per heavy atom. The molecule has 4 nitrogen and oxygen atoms in total. The molecule has 4 rings (SSSR count). The predicted octanol–water partition coefficient (Wildman–Crippen LogP) is 1.37. The highest BCUT2D eigenvalue weighted by molar-refractivity contribution is 5.82. The molecular formula is C14H14N4. The molecule has 0 radical (unpaired) electrons. The second kappa shape index (κ2) is 3.78. The summed E-state index contributed by atoms with van der Waals surface area (Å²) in [5.41, 5.74) is 6.03. The van der Waals surface area contributed by atoms with Gasteiger partial charge in [-0.3, -0.25) is 0 Å². The Morgan fingerprint density at radius 3 is 2.94 bits per heavy atom. The molecule has 0 saturated heterocycles. The molecule has 0 amide bonds. The minimum Gasteiger partial charge on any atom is -0.316 e. The second-order valence-corrected chi connectivity index (χ2v) is 4.72. The number of nitrogens with one attached hydrogen (secondary N) is 1. The topological polar surface area (TPSA) is 42.2 Å². The lowest BCUT2D eigenvalue weighted by molar-refractivity contribution is 0.708. The van der Waals surface area contributed by atoms with Gasteiger partial charge >= 0.3 is 0 Å². The van der Waals surface area contributed by atoms with Gasteiger partial charge in [0.2, 0.25) is 0 Å². The van der Waals surface area contributed by atoms with E-state index in [9.17, 15) is 0 Å². The van der Waals surface area contributed by atoms with Crippen LogP contribution in [-0.4, -0.2) is 27.7 Å². The van der Waals surface area contributed by atoms with Gasteiger partial charge in [-0.1, -0.05) is 18.2 Å². The van der Waals surface area contributed by atoms with Gasteiger partial charge in [0.1, 0.15) is 0 Å². The summed E-state index contributed by atoms with van der Waals surface area (Å²) in [5.74, 6) is 0. The van der Waals surface area contributed by atoms with Gasteiger partial charge in [-0.15, -0.1) is 0 Å². The molecule has 0 bridgehead atoms. The van der Waals surface area contributed by atoms with Gasteiger partial charge in [-0.25, -0.2) is 9.50 Å². The molecule has 2 aromatic heterocycles. The van der Waals surface area contributed by atoms with Gasteiger partial charge in [0.05, 0.1) is 11.9 Å². The molecule has 0 aromatic carbocycles. The quantitative estimate of drug-likeness (QED) is 0.816. The number of hydrogen-bond donors (Lipinski definition) is 1. The molecule has 2 aliphatic rings. The molecule has 3 heterocycles. The summed E-state index contributed by atoms with van der Waals surface area (Å²) in [7, 11) is 0. The van der Waals surface area contributed by atoms with Gasteiger partial charge in [0.25, 0.3) is 0 Å². The van der Waals surface area contributed by atoms with Gasteiger partial charge in [0, 0.05) is 35.9 Å². The van der Waals surface area contributed by atoms with E-state index in [-0.39, 0.29) is 0 Å². The molecule has 1 N–H and O–H groups in total. The zero-order valence-electron chi connectivity index (χ0n) is 10.1. The van der Waals surface area contributed by atoms with Crippen molar-refractivity contribution in [3.05, 3.63) is 47.4 Å². The molecule has 0 fully saturated rings. The Labute approximate surface area is 105 Å². The van der Waals surface area contributed by atoms with Crippen molar-refractivity contribution >= 4 is 11.2 Å². The number of rotatable bonds is 1. The van der Waals surface area contributed by atoms with Crippen molar-refractivity contribution in [2.75, 3.05) is 13.1 Å². The van der Waals surface area contributed by atoms with Crippen molar-refractivity contribution in [3.63, 3.8) is 0 Å². The molecule has 90 valence electrons. The van der Waals surface area contributed by atoms with Crippen molar-refractivity contribution in [1.82, 2.24) is 19.9 Å². The molecule has 0 atom stereocenters. The first-order chi connectivity index (χ1) is 8.93.